The average molecular weight is 432 g/mol. The lowest BCUT2D eigenvalue weighted by Gasteiger charge is -2.46. The van der Waals surface area contributed by atoms with Gasteiger partial charge in [0, 0.05) is 28.4 Å². The monoisotopic (exact) mass is 432 g/mol. The number of benzene rings is 1. The number of nitrogens with zero attached hydrogens (tertiary/aromatic N) is 1. The molecule has 1 aromatic rings. The number of esters is 2. The van der Waals surface area contributed by atoms with Crippen LogP contribution in [0.4, 0.5) is 5.69 Å². The predicted molar refractivity (Wildman–Crippen MR) is 111 cm³/mol. The van der Waals surface area contributed by atoms with Crippen molar-refractivity contribution in [1.82, 2.24) is 0 Å². The number of nitrogens with one attached hydrogen (secondary N) is 1. The van der Waals surface area contributed by atoms with Gasteiger partial charge in [-0.1, -0.05) is 18.2 Å². The van der Waals surface area contributed by atoms with Gasteiger partial charge in [-0.3, -0.25) is 19.7 Å². The molecule has 0 bridgehead atoms. The molecule has 0 radical (unpaired) electrons. The molecule has 168 valence electrons. The zero-order chi connectivity index (χ0) is 22.9. The highest BCUT2D eigenvalue weighted by molar-refractivity contribution is 6.03. The highest BCUT2D eigenvalue weighted by Crippen LogP contribution is 2.56. The van der Waals surface area contributed by atoms with E-state index in [1.54, 1.807) is 52.0 Å². The van der Waals surface area contributed by atoms with E-state index in [9.17, 15) is 24.5 Å². The molecule has 9 heteroatoms. The number of anilines is 1. The van der Waals surface area contributed by atoms with Crippen molar-refractivity contribution < 1.29 is 28.8 Å². The quantitative estimate of drug-likeness (QED) is 0.229. The van der Waals surface area contributed by atoms with E-state index in [-0.39, 0.29) is 6.42 Å². The fourth-order valence-electron chi connectivity index (χ4n) is 4.89. The summed E-state index contributed by atoms with van der Waals surface area (Å²) >= 11 is 0. The molecule has 0 spiro atoms. The van der Waals surface area contributed by atoms with Crippen LogP contribution in [0.1, 0.15) is 45.6 Å². The summed E-state index contributed by atoms with van der Waals surface area (Å²) in [7, 11) is 0. The Bertz CT molecular complexity index is 860. The number of ether oxygens (including phenoxy) is 2. The summed E-state index contributed by atoms with van der Waals surface area (Å²) in [5, 5.41) is 14.7. The van der Waals surface area contributed by atoms with Crippen molar-refractivity contribution in [1.29, 1.82) is 0 Å². The molecular weight excluding hydrogens is 404 g/mol. The highest BCUT2D eigenvalue weighted by Gasteiger charge is 2.66. The first-order chi connectivity index (χ1) is 14.6. The Morgan fingerprint density at radius 1 is 1.19 bits per heavy atom. The van der Waals surface area contributed by atoms with E-state index in [1.807, 2.05) is 0 Å². The van der Waals surface area contributed by atoms with Crippen LogP contribution in [0.15, 0.2) is 24.3 Å². The molecule has 1 saturated carbocycles. The topological polar surface area (TPSA) is 125 Å². The first-order valence-electron chi connectivity index (χ1n) is 10.5. The smallest absolute Gasteiger partial charge is 0.325 e. The summed E-state index contributed by atoms with van der Waals surface area (Å²) in [6.07, 6.45) is -0.589. The second-order valence-corrected chi connectivity index (χ2v) is 8.80. The maximum atomic E-state index is 13.4. The minimum absolute atomic E-state index is 0.214. The fraction of sp³-hybridized carbons (Fsp3) is 0.591. The number of rotatable bonds is 7. The molecule has 1 heterocycles. The molecule has 3 rings (SSSR count). The largest absolute Gasteiger partial charge is 0.462 e. The molecule has 4 unspecified atom stereocenters. The maximum Gasteiger partial charge on any atom is 0.325 e. The van der Waals surface area contributed by atoms with Gasteiger partial charge in [0.25, 0.3) is 0 Å². The van der Waals surface area contributed by atoms with Gasteiger partial charge in [-0.2, -0.15) is 0 Å². The molecule has 0 saturated heterocycles. The van der Waals surface area contributed by atoms with E-state index < -0.39 is 64.8 Å². The molecule has 1 aromatic carbocycles. The van der Waals surface area contributed by atoms with Gasteiger partial charge < -0.3 is 19.6 Å². The van der Waals surface area contributed by atoms with Gasteiger partial charge in [0.15, 0.2) is 5.41 Å². The summed E-state index contributed by atoms with van der Waals surface area (Å²) in [5.41, 5.74) is -0.391. The minimum Gasteiger partial charge on any atom is -0.462 e. The van der Waals surface area contributed by atoms with Gasteiger partial charge in [0.05, 0.1) is 18.2 Å². The zero-order valence-electron chi connectivity index (χ0n) is 18.1. The van der Waals surface area contributed by atoms with E-state index in [2.05, 4.69) is 5.32 Å². The summed E-state index contributed by atoms with van der Waals surface area (Å²) in [4.78, 5) is 49.9. The van der Waals surface area contributed by atoms with Gasteiger partial charge >= 0.3 is 11.9 Å². The van der Waals surface area contributed by atoms with Crippen molar-refractivity contribution in [2.24, 2.45) is 17.3 Å². The summed E-state index contributed by atoms with van der Waals surface area (Å²) < 4.78 is 11.0. The van der Waals surface area contributed by atoms with E-state index in [1.165, 1.54) is 0 Å². The number of aldehydes is 1. The third-order valence-corrected chi connectivity index (χ3v) is 6.04. The lowest BCUT2D eigenvalue weighted by Crippen LogP contribution is -2.61. The van der Waals surface area contributed by atoms with Crippen LogP contribution >= 0.6 is 0 Å². The number of carbonyl (C=O) groups is 3. The number of carbonyl (C=O) groups excluding carboxylic acids is 3. The molecule has 1 aliphatic carbocycles. The SMILES string of the molecule is CC(C)OC(=O)C1(C(=O)OC(C)C)CC(C=O)C(C[N+](=O)[O-])C2c3ccccc3NC21. The summed E-state index contributed by atoms with van der Waals surface area (Å²) in [6.45, 7) is 6.23. The Morgan fingerprint density at radius 2 is 1.77 bits per heavy atom. The van der Waals surface area contributed by atoms with Crippen molar-refractivity contribution in [3.8, 4) is 0 Å². The summed E-state index contributed by atoms with van der Waals surface area (Å²) in [5.74, 6) is -3.74. The number of fused-ring (bicyclic) bond motifs is 3. The maximum absolute atomic E-state index is 13.4. The third-order valence-electron chi connectivity index (χ3n) is 6.04. The fourth-order valence-corrected chi connectivity index (χ4v) is 4.89. The number of para-hydroxylation sites is 1. The number of hydrogen-bond acceptors (Lipinski definition) is 8. The van der Waals surface area contributed by atoms with E-state index in [0.717, 1.165) is 5.56 Å². The second kappa shape index (κ2) is 8.64. The Hall–Kier alpha value is -2.97. The second-order valence-electron chi connectivity index (χ2n) is 8.80. The third kappa shape index (κ3) is 4.00. The van der Waals surface area contributed by atoms with Crippen LogP contribution in [0.2, 0.25) is 0 Å². The molecule has 0 amide bonds. The Kier molecular flexibility index (Phi) is 6.33. The van der Waals surface area contributed by atoms with Crippen LogP contribution in [0, 0.1) is 27.4 Å². The van der Waals surface area contributed by atoms with Crippen molar-refractivity contribution in [3.05, 3.63) is 39.9 Å². The van der Waals surface area contributed by atoms with Crippen LogP contribution < -0.4 is 5.32 Å². The molecule has 1 aliphatic heterocycles. The van der Waals surface area contributed by atoms with Crippen LogP contribution in [0.5, 0.6) is 0 Å². The van der Waals surface area contributed by atoms with Gasteiger partial charge in [-0.05, 0) is 45.7 Å². The van der Waals surface area contributed by atoms with Crippen LogP contribution in [0.25, 0.3) is 0 Å². The Morgan fingerprint density at radius 3 is 2.29 bits per heavy atom. The van der Waals surface area contributed by atoms with E-state index in [0.29, 0.717) is 12.0 Å². The highest BCUT2D eigenvalue weighted by atomic mass is 16.6. The lowest BCUT2D eigenvalue weighted by molar-refractivity contribution is -0.491. The van der Waals surface area contributed by atoms with Crippen LogP contribution in [0.3, 0.4) is 0 Å². The standard InChI is InChI=1S/C22H28N2O7/c1-12(2)30-20(26)22(21(27)31-13(3)4)9-14(11-25)16(10-24(28)29)18-15-7-5-6-8-17(15)23-19(18)22/h5-8,11-14,16,18-19,23H,9-10H2,1-4H3. The minimum atomic E-state index is -1.81. The van der Waals surface area contributed by atoms with Crippen LogP contribution in [-0.4, -0.2) is 47.9 Å². The van der Waals surface area contributed by atoms with Gasteiger partial charge in [-0.25, -0.2) is 0 Å². The summed E-state index contributed by atoms with van der Waals surface area (Å²) in [6, 6.07) is 6.35. The van der Waals surface area contributed by atoms with Gasteiger partial charge in [-0.15, -0.1) is 0 Å². The van der Waals surface area contributed by atoms with Crippen molar-refractivity contribution in [2.45, 2.75) is 58.3 Å². The number of nitro groups is 1. The molecular formula is C22H28N2O7. The average Bonchev–Trinajstić information content (AvgIpc) is 3.06. The molecule has 1 fully saturated rings. The normalized spacial score (nSPS) is 25.9. The van der Waals surface area contributed by atoms with E-state index >= 15 is 0 Å². The number of hydrogen-bond donors (Lipinski definition) is 1. The van der Waals surface area contributed by atoms with Gasteiger partial charge in [0.2, 0.25) is 6.54 Å². The molecule has 1 N–H and O–H groups in total. The Balaban J connectivity index is 2.20. The van der Waals surface area contributed by atoms with Crippen molar-refractivity contribution in [3.63, 3.8) is 0 Å². The van der Waals surface area contributed by atoms with Crippen molar-refractivity contribution in [2.75, 3.05) is 11.9 Å². The first kappa shape index (κ1) is 22.7. The Labute approximate surface area is 180 Å². The van der Waals surface area contributed by atoms with Crippen molar-refractivity contribution >= 4 is 23.9 Å². The molecule has 0 aromatic heterocycles. The molecule has 31 heavy (non-hydrogen) atoms. The molecule has 4 atom stereocenters. The molecule has 9 nitrogen and oxygen atoms in total. The van der Waals surface area contributed by atoms with E-state index in [4.69, 9.17) is 9.47 Å². The zero-order valence-corrected chi connectivity index (χ0v) is 18.1. The predicted octanol–water partition coefficient (Wildman–Crippen LogP) is 2.57. The molecule has 2 aliphatic rings. The first-order valence-corrected chi connectivity index (χ1v) is 10.5. The van der Waals surface area contributed by atoms with Crippen LogP contribution in [-0.2, 0) is 23.9 Å². The van der Waals surface area contributed by atoms with Gasteiger partial charge in [0.1, 0.15) is 6.29 Å². The lowest BCUT2D eigenvalue weighted by atomic mass is 9.57.